The van der Waals surface area contributed by atoms with Crippen LogP contribution in [0.1, 0.15) is 39.8 Å². The molecule has 0 spiro atoms. The monoisotopic (exact) mass is 372 g/mol. The number of nitrogens with zero attached hydrogens (tertiary/aromatic N) is 3. The molecule has 1 aromatic rings. The van der Waals surface area contributed by atoms with Crippen molar-refractivity contribution in [3.63, 3.8) is 0 Å². The van der Waals surface area contributed by atoms with E-state index < -0.39 is 0 Å². The van der Waals surface area contributed by atoms with Gasteiger partial charge in [0.2, 0.25) is 11.9 Å². The van der Waals surface area contributed by atoms with E-state index in [2.05, 4.69) is 52.8 Å². The second kappa shape index (κ2) is 8.72. The van der Waals surface area contributed by atoms with Gasteiger partial charge in [0.25, 0.3) is 0 Å². The Hall–Kier alpha value is -2.53. The predicted octanol–water partition coefficient (Wildman–Crippen LogP) is 2.83. The quantitative estimate of drug-likeness (QED) is 0.521. The largest absolute Gasteiger partial charge is 0.356 e. The number of carbonyl (C=O) groups is 1. The minimum absolute atomic E-state index is 0.0123. The molecule has 1 aromatic heterocycles. The van der Waals surface area contributed by atoms with E-state index in [0.29, 0.717) is 30.3 Å². The van der Waals surface area contributed by atoms with E-state index >= 15 is 0 Å². The van der Waals surface area contributed by atoms with Gasteiger partial charge in [-0.3, -0.25) is 4.79 Å². The maximum atomic E-state index is 10.8. The molecule has 7 nitrogen and oxygen atoms in total. The van der Waals surface area contributed by atoms with Crippen LogP contribution in [0.2, 0.25) is 0 Å². The highest BCUT2D eigenvalue weighted by Crippen LogP contribution is 2.37. The Balaban J connectivity index is 2.05. The lowest BCUT2D eigenvalue weighted by molar-refractivity contribution is -0.118. The van der Waals surface area contributed by atoms with E-state index in [-0.39, 0.29) is 11.3 Å². The van der Waals surface area contributed by atoms with E-state index in [4.69, 9.17) is 0 Å². The average molecular weight is 372 g/mol. The molecule has 0 saturated heterocycles. The van der Waals surface area contributed by atoms with Crippen molar-refractivity contribution in [1.82, 2.24) is 20.6 Å². The number of allylic oxidation sites excluding steroid dienone is 2. The van der Waals surface area contributed by atoms with E-state index in [1.54, 1.807) is 12.3 Å². The number of hydrogen-bond acceptors (Lipinski definition) is 7. The third-order valence-electron chi connectivity index (χ3n) is 3.61. The molecule has 0 radical (unpaired) electrons. The van der Waals surface area contributed by atoms with Crippen LogP contribution in [0, 0.1) is 16.7 Å². The minimum atomic E-state index is -0.0432. The first-order valence-electron chi connectivity index (χ1n) is 8.41. The molecule has 0 atom stereocenters. The van der Waals surface area contributed by atoms with Crippen molar-refractivity contribution < 1.29 is 4.79 Å². The minimum Gasteiger partial charge on any atom is -0.356 e. The zero-order chi connectivity index (χ0) is 19.2. The molecule has 0 unspecified atom stereocenters. The molecule has 3 N–H and O–H groups in total. The fourth-order valence-electron chi connectivity index (χ4n) is 2.15. The van der Waals surface area contributed by atoms with Crippen molar-refractivity contribution in [3.8, 4) is 6.07 Å². The Morgan fingerprint density at radius 2 is 2.15 bits per heavy atom. The number of rotatable bonds is 6. The van der Waals surface area contributed by atoms with E-state index in [1.165, 1.54) is 18.7 Å². The molecule has 2 rings (SSSR count). The lowest BCUT2D eigenvalue weighted by atomic mass is 9.93. The number of carbonyl (C=O) groups excluding carboxylic acids is 1. The Morgan fingerprint density at radius 3 is 2.77 bits per heavy atom. The number of nitrogens with one attached hydrogen (secondary N) is 3. The van der Waals surface area contributed by atoms with Crippen LogP contribution >= 0.6 is 11.8 Å². The van der Waals surface area contributed by atoms with Crippen molar-refractivity contribution in [2.75, 3.05) is 18.4 Å². The van der Waals surface area contributed by atoms with Crippen LogP contribution in [0.5, 0.6) is 0 Å². The second-order valence-corrected chi connectivity index (χ2v) is 7.75. The average Bonchev–Trinajstić information content (AvgIpc) is 3.05. The molecular weight excluding hydrogens is 348 g/mol. The summed E-state index contributed by atoms with van der Waals surface area (Å²) in [4.78, 5) is 19.5. The van der Waals surface area contributed by atoms with Crippen LogP contribution in [0.3, 0.4) is 0 Å². The molecule has 26 heavy (non-hydrogen) atoms. The third kappa shape index (κ3) is 5.49. The number of hydrogen-bond donors (Lipinski definition) is 3. The first-order chi connectivity index (χ1) is 12.3. The summed E-state index contributed by atoms with van der Waals surface area (Å²) in [7, 11) is 0. The van der Waals surface area contributed by atoms with Crippen LogP contribution in [-0.4, -0.2) is 29.0 Å². The lowest BCUT2D eigenvalue weighted by Gasteiger charge is -2.20. The predicted molar refractivity (Wildman–Crippen MR) is 105 cm³/mol. The third-order valence-corrected chi connectivity index (χ3v) is 4.51. The summed E-state index contributed by atoms with van der Waals surface area (Å²) in [5.74, 6) is 0.420. The SMILES string of the molecule is CC(=O)NCCCNc1nccc(/C(C#N)=C2/NC(C(C)(C)C)=CS2)n1. The molecule has 0 aliphatic carbocycles. The molecule has 0 bridgehead atoms. The topological polar surface area (TPSA) is 103 Å². The van der Waals surface area contributed by atoms with Gasteiger partial charge in [-0.25, -0.2) is 9.97 Å². The highest BCUT2D eigenvalue weighted by molar-refractivity contribution is 8.06. The molecule has 1 amide bonds. The fraction of sp³-hybridized carbons (Fsp3) is 0.444. The van der Waals surface area contributed by atoms with Gasteiger partial charge in [-0.05, 0) is 17.9 Å². The molecular formula is C18H24N6OS. The van der Waals surface area contributed by atoms with Gasteiger partial charge >= 0.3 is 0 Å². The van der Waals surface area contributed by atoms with Crippen molar-refractivity contribution in [2.24, 2.45) is 5.41 Å². The Bertz CT molecular complexity index is 773. The highest BCUT2D eigenvalue weighted by atomic mass is 32.2. The van der Waals surface area contributed by atoms with Crippen LogP contribution in [0.15, 0.2) is 28.4 Å². The molecule has 1 aliphatic heterocycles. The summed E-state index contributed by atoms with van der Waals surface area (Å²) < 4.78 is 0. The number of aromatic nitrogens is 2. The van der Waals surface area contributed by atoms with Crippen molar-refractivity contribution in [3.05, 3.63) is 34.1 Å². The molecule has 8 heteroatoms. The summed E-state index contributed by atoms with van der Waals surface area (Å²) in [6, 6.07) is 3.97. The van der Waals surface area contributed by atoms with Gasteiger partial charge in [-0.2, -0.15) is 5.26 Å². The Morgan fingerprint density at radius 1 is 1.38 bits per heavy atom. The van der Waals surface area contributed by atoms with Crippen molar-refractivity contribution >= 4 is 29.2 Å². The maximum absolute atomic E-state index is 10.8. The van der Waals surface area contributed by atoms with Gasteiger partial charge in [-0.1, -0.05) is 32.5 Å². The van der Waals surface area contributed by atoms with Gasteiger partial charge < -0.3 is 16.0 Å². The number of nitriles is 1. The van der Waals surface area contributed by atoms with Gasteiger partial charge in [-0.15, -0.1) is 0 Å². The lowest BCUT2D eigenvalue weighted by Crippen LogP contribution is -2.23. The van der Waals surface area contributed by atoms with Gasteiger partial charge in [0.05, 0.1) is 10.7 Å². The molecule has 2 heterocycles. The van der Waals surface area contributed by atoms with Crippen molar-refractivity contribution in [2.45, 2.75) is 34.1 Å². The number of amides is 1. The number of anilines is 1. The molecule has 0 saturated carbocycles. The van der Waals surface area contributed by atoms with E-state index in [0.717, 1.165) is 17.1 Å². The first kappa shape index (κ1) is 19.8. The Kier molecular flexibility index (Phi) is 6.64. The standard InChI is InChI=1S/C18H24N6OS/c1-12(25)20-7-5-8-21-17-22-9-6-14(23-17)13(10-19)16-24-15(11-26-16)18(2,3)4/h6,9,11,24H,5,7-8H2,1-4H3,(H,20,25)(H,21,22,23)/b16-13-. The van der Waals surface area contributed by atoms with Gasteiger partial charge in [0, 0.05) is 37.3 Å². The molecule has 0 aromatic carbocycles. The van der Waals surface area contributed by atoms with Crippen LogP contribution in [0.25, 0.3) is 5.57 Å². The Labute approximate surface area is 158 Å². The highest BCUT2D eigenvalue weighted by Gasteiger charge is 2.25. The normalized spacial score (nSPS) is 15.6. The summed E-state index contributed by atoms with van der Waals surface area (Å²) in [6.07, 6.45) is 2.39. The molecule has 0 fully saturated rings. The van der Waals surface area contributed by atoms with Crippen LogP contribution in [0.4, 0.5) is 5.95 Å². The van der Waals surface area contributed by atoms with Crippen molar-refractivity contribution in [1.29, 1.82) is 5.26 Å². The van der Waals surface area contributed by atoms with Gasteiger partial charge in [0.15, 0.2) is 0 Å². The summed E-state index contributed by atoms with van der Waals surface area (Å²) in [5, 5.41) is 21.6. The zero-order valence-corrected chi connectivity index (χ0v) is 16.3. The summed E-state index contributed by atoms with van der Waals surface area (Å²) in [5.41, 5.74) is 2.14. The summed E-state index contributed by atoms with van der Waals surface area (Å²) >= 11 is 1.50. The first-order valence-corrected chi connectivity index (χ1v) is 9.29. The molecule has 1 aliphatic rings. The maximum Gasteiger partial charge on any atom is 0.223 e. The van der Waals surface area contributed by atoms with E-state index in [9.17, 15) is 10.1 Å². The smallest absolute Gasteiger partial charge is 0.223 e. The zero-order valence-electron chi connectivity index (χ0n) is 15.5. The second-order valence-electron chi connectivity index (χ2n) is 6.87. The van der Waals surface area contributed by atoms with E-state index in [1.807, 2.05) is 5.41 Å². The number of thioether (sulfide) groups is 1. The van der Waals surface area contributed by atoms with Gasteiger partial charge in [0.1, 0.15) is 11.6 Å². The molecule has 138 valence electrons. The fourth-order valence-corrected chi connectivity index (χ4v) is 3.23. The van der Waals surface area contributed by atoms with Crippen LogP contribution in [-0.2, 0) is 4.79 Å². The summed E-state index contributed by atoms with van der Waals surface area (Å²) in [6.45, 7) is 9.08. The van der Waals surface area contributed by atoms with Crippen LogP contribution < -0.4 is 16.0 Å².